The van der Waals surface area contributed by atoms with Crippen LogP contribution < -0.4 is 10.5 Å². The molecule has 0 saturated carbocycles. The minimum atomic E-state index is 0.385. The van der Waals surface area contributed by atoms with E-state index in [-0.39, 0.29) is 0 Å². The van der Waals surface area contributed by atoms with Crippen molar-refractivity contribution in [2.24, 2.45) is 5.73 Å². The van der Waals surface area contributed by atoms with E-state index in [0.29, 0.717) is 11.6 Å². The van der Waals surface area contributed by atoms with Crippen molar-refractivity contribution in [1.29, 1.82) is 0 Å². The van der Waals surface area contributed by atoms with Crippen LogP contribution >= 0.6 is 12.2 Å². The Hall–Kier alpha value is -1.13. The van der Waals surface area contributed by atoms with E-state index >= 15 is 0 Å². The van der Waals surface area contributed by atoms with Gasteiger partial charge in [0.1, 0.15) is 10.7 Å². The third kappa shape index (κ3) is 4.32. The smallest absolute Gasteiger partial charge is 0.132 e. The molecule has 0 spiro atoms. The largest absolute Gasteiger partial charge is 0.493 e. The molecule has 0 amide bonds. The molecule has 1 aromatic rings. The lowest BCUT2D eigenvalue weighted by molar-refractivity contribution is 0.280. The summed E-state index contributed by atoms with van der Waals surface area (Å²) in [5.41, 5.74) is 7.57. The molecule has 0 aromatic heterocycles. The van der Waals surface area contributed by atoms with Gasteiger partial charge in [-0.05, 0) is 39.1 Å². The van der Waals surface area contributed by atoms with Crippen molar-refractivity contribution in [2.75, 3.05) is 27.2 Å². The SMILES string of the molecule is Cc1cccc(C(N)=S)c1OCCCN(C)C. The molecule has 0 bridgehead atoms. The average Bonchev–Trinajstić information content (AvgIpc) is 2.25. The molecule has 0 aliphatic rings. The number of nitrogens with zero attached hydrogens (tertiary/aromatic N) is 1. The molecule has 0 fully saturated rings. The zero-order valence-electron chi connectivity index (χ0n) is 10.7. The molecule has 1 rings (SSSR count). The summed E-state index contributed by atoms with van der Waals surface area (Å²) >= 11 is 5.02. The second kappa shape index (κ2) is 6.57. The summed E-state index contributed by atoms with van der Waals surface area (Å²) in [6, 6.07) is 5.84. The summed E-state index contributed by atoms with van der Waals surface area (Å²) in [6.45, 7) is 3.69. The van der Waals surface area contributed by atoms with Gasteiger partial charge in [0.2, 0.25) is 0 Å². The molecular formula is C13H20N2OS. The van der Waals surface area contributed by atoms with E-state index in [0.717, 1.165) is 29.8 Å². The molecule has 0 aliphatic carbocycles. The number of thiocarbonyl (C=S) groups is 1. The number of rotatable bonds is 6. The van der Waals surface area contributed by atoms with Gasteiger partial charge in [-0.15, -0.1) is 0 Å². The maximum Gasteiger partial charge on any atom is 0.132 e. The molecule has 1 aromatic carbocycles. The number of nitrogens with two attached hydrogens (primary N) is 1. The Morgan fingerprint density at radius 2 is 2.12 bits per heavy atom. The third-order valence-corrected chi connectivity index (χ3v) is 2.69. The van der Waals surface area contributed by atoms with Gasteiger partial charge in [0.05, 0.1) is 12.2 Å². The molecule has 0 aliphatic heterocycles. The highest BCUT2D eigenvalue weighted by Crippen LogP contribution is 2.23. The van der Waals surface area contributed by atoms with Crippen LogP contribution in [0.25, 0.3) is 0 Å². The van der Waals surface area contributed by atoms with Crippen LogP contribution in [0.2, 0.25) is 0 Å². The van der Waals surface area contributed by atoms with E-state index < -0.39 is 0 Å². The van der Waals surface area contributed by atoms with E-state index in [1.54, 1.807) is 0 Å². The second-order valence-corrected chi connectivity index (χ2v) is 4.76. The van der Waals surface area contributed by atoms with Crippen LogP contribution in [0.15, 0.2) is 18.2 Å². The predicted octanol–water partition coefficient (Wildman–Crippen LogP) is 1.96. The van der Waals surface area contributed by atoms with Crippen LogP contribution in [0.3, 0.4) is 0 Å². The predicted molar refractivity (Wildman–Crippen MR) is 75.7 cm³/mol. The summed E-state index contributed by atoms with van der Waals surface area (Å²) in [6.07, 6.45) is 0.984. The molecule has 94 valence electrons. The topological polar surface area (TPSA) is 38.5 Å². The van der Waals surface area contributed by atoms with E-state index in [4.69, 9.17) is 22.7 Å². The summed E-state index contributed by atoms with van der Waals surface area (Å²) in [5.74, 6) is 0.818. The third-order valence-electron chi connectivity index (χ3n) is 2.47. The highest BCUT2D eigenvalue weighted by Gasteiger charge is 2.08. The standard InChI is InChI=1S/C13H20N2OS/c1-10-6-4-7-11(13(14)17)12(10)16-9-5-8-15(2)3/h4,6-7H,5,8-9H2,1-3H3,(H2,14,17). The zero-order valence-corrected chi connectivity index (χ0v) is 11.5. The Morgan fingerprint density at radius 3 is 2.71 bits per heavy atom. The minimum absolute atomic E-state index is 0.385. The second-order valence-electron chi connectivity index (χ2n) is 4.32. The van der Waals surface area contributed by atoms with Gasteiger partial charge in [-0.2, -0.15) is 0 Å². The van der Waals surface area contributed by atoms with Crippen molar-refractivity contribution in [1.82, 2.24) is 4.90 Å². The lowest BCUT2D eigenvalue weighted by Crippen LogP contribution is -2.17. The van der Waals surface area contributed by atoms with Crippen LogP contribution in [-0.2, 0) is 0 Å². The molecule has 0 saturated heterocycles. The molecule has 0 radical (unpaired) electrons. The van der Waals surface area contributed by atoms with Crippen molar-refractivity contribution < 1.29 is 4.74 Å². The van der Waals surface area contributed by atoms with Crippen molar-refractivity contribution in [3.8, 4) is 5.75 Å². The lowest BCUT2D eigenvalue weighted by Gasteiger charge is -2.14. The molecule has 0 heterocycles. The summed E-state index contributed by atoms with van der Waals surface area (Å²) in [5, 5.41) is 0. The van der Waals surface area contributed by atoms with Gasteiger partial charge >= 0.3 is 0 Å². The Bertz CT molecular complexity index is 391. The number of hydrogen-bond acceptors (Lipinski definition) is 3. The first-order valence-corrected chi connectivity index (χ1v) is 6.10. The van der Waals surface area contributed by atoms with E-state index in [2.05, 4.69) is 4.90 Å². The first kappa shape index (κ1) is 13.9. The van der Waals surface area contributed by atoms with Gasteiger partial charge in [-0.25, -0.2) is 0 Å². The number of aryl methyl sites for hydroxylation is 1. The maximum absolute atomic E-state index is 5.79. The normalized spacial score (nSPS) is 10.6. The van der Waals surface area contributed by atoms with Crippen molar-refractivity contribution in [3.05, 3.63) is 29.3 Å². The van der Waals surface area contributed by atoms with Gasteiger partial charge < -0.3 is 15.4 Å². The molecule has 0 unspecified atom stereocenters. The molecule has 2 N–H and O–H groups in total. The van der Waals surface area contributed by atoms with Crippen LogP contribution in [0, 0.1) is 6.92 Å². The van der Waals surface area contributed by atoms with Crippen LogP contribution in [0.4, 0.5) is 0 Å². The molecule has 3 nitrogen and oxygen atoms in total. The van der Waals surface area contributed by atoms with Crippen LogP contribution in [-0.4, -0.2) is 37.1 Å². The maximum atomic E-state index is 5.79. The first-order chi connectivity index (χ1) is 8.02. The highest BCUT2D eigenvalue weighted by molar-refractivity contribution is 7.80. The molecule has 0 atom stereocenters. The lowest BCUT2D eigenvalue weighted by atomic mass is 10.1. The fourth-order valence-corrected chi connectivity index (χ4v) is 1.75. The number of benzene rings is 1. The molecular weight excluding hydrogens is 232 g/mol. The van der Waals surface area contributed by atoms with E-state index in [1.807, 2.05) is 39.2 Å². The van der Waals surface area contributed by atoms with Gasteiger partial charge in [0.25, 0.3) is 0 Å². The summed E-state index contributed by atoms with van der Waals surface area (Å²) < 4.78 is 5.79. The Labute approximate surface area is 109 Å². The summed E-state index contributed by atoms with van der Waals surface area (Å²) in [4.78, 5) is 2.52. The Balaban J connectivity index is 2.66. The number of hydrogen-bond donors (Lipinski definition) is 1. The van der Waals surface area contributed by atoms with Crippen LogP contribution in [0.5, 0.6) is 5.75 Å². The van der Waals surface area contributed by atoms with Crippen molar-refractivity contribution in [2.45, 2.75) is 13.3 Å². The molecule has 17 heavy (non-hydrogen) atoms. The Morgan fingerprint density at radius 1 is 1.41 bits per heavy atom. The number of ether oxygens (including phenoxy) is 1. The first-order valence-electron chi connectivity index (χ1n) is 5.69. The van der Waals surface area contributed by atoms with E-state index in [9.17, 15) is 0 Å². The quantitative estimate of drug-likeness (QED) is 0.620. The zero-order chi connectivity index (χ0) is 12.8. The monoisotopic (exact) mass is 252 g/mol. The Kier molecular flexibility index (Phi) is 5.38. The summed E-state index contributed by atoms with van der Waals surface area (Å²) in [7, 11) is 4.10. The van der Waals surface area contributed by atoms with Gasteiger partial charge in [0.15, 0.2) is 0 Å². The van der Waals surface area contributed by atoms with Crippen LogP contribution in [0.1, 0.15) is 17.5 Å². The average molecular weight is 252 g/mol. The highest BCUT2D eigenvalue weighted by atomic mass is 32.1. The molecule has 4 heteroatoms. The number of para-hydroxylation sites is 1. The fraction of sp³-hybridized carbons (Fsp3) is 0.462. The van der Waals surface area contributed by atoms with Gasteiger partial charge in [-0.1, -0.05) is 24.4 Å². The van der Waals surface area contributed by atoms with Crippen molar-refractivity contribution in [3.63, 3.8) is 0 Å². The van der Waals surface area contributed by atoms with E-state index in [1.165, 1.54) is 0 Å². The van der Waals surface area contributed by atoms with Gasteiger partial charge in [-0.3, -0.25) is 0 Å². The van der Waals surface area contributed by atoms with Crippen molar-refractivity contribution >= 4 is 17.2 Å². The van der Waals surface area contributed by atoms with Gasteiger partial charge in [0, 0.05) is 6.54 Å². The fourth-order valence-electron chi connectivity index (χ4n) is 1.59. The minimum Gasteiger partial charge on any atom is -0.493 e.